The van der Waals surface area contributed by atoms with Crippen molar-refractivity contribution in [3.05, 3.63) is 35.9 Å². The van der Waals surface area contributed by atoms with E-state index in [0.29, 0.717) is 0 Å². The third-order valence-corrected chi connectivity index (χ3v) is 1.87. The molecule has 0 saturated heterocycles. The third-order valence-electron chi connectivity index (χ3n) is 1.87. The van der Waals surface area contributed by atoms with Gasteiger partial charge in [0.1, 0.15) is 6.29 Å². The maximum atomic E-state index is 10.7. The van der Waals surface area contributed by atoms with E-state index in [4.69, 9.17) is 5.41 Å². The lowest BCUT2D eigenvalue weighted by molar-refractivity contribution is -0.108. The zero-order valence-electron chi connectivity index (χ0n) is 7.97. The first-order valence-electron chi connectivity index (χ1n) is 4.31. The van der Waals surface area contributed by atoms with Crippen molar-refractivity contribution in [2.24, 2.45) is 10.9 Å². The standard InChI is InChI=1S/C11H12N2O/c1-13-7-10(8-14)11(12)9-5-3-2-4-6-9/h2-8,10,12H,1H3. The predicted molar refractivity (Wildman–Crippen MR) is 57.2 cm³/mol. The maximum absolute atomic E-state index is 10.7. The van der Waals surface area contributed by atoms with E-state index >= 15 is 0 Å². The molecule has 0 bridgehead atoms. The molecule has 1 aromatic carbocycles. The van der Waals surface area contributed by atoms with Gasteiger partial charge in [0, 0.05) is 13.3 Å². The van der Waals surface area contributed by atoms with Crippen molar-refractivity contribution in [1.29, 1.82) is 5.41 Å². The molecular formula is C11H12N2O. The number of carbonyl (C=O) groups is 1. The highest BCUT2D eigenvalue weighted by molar-refractivity contribution is 6.16. The van der Waals surface area contributed by atoms with E-state index < -0.39 is 5.92 Å². The number of aldehydes is 1. The van der Waals surface area contributed by atoms with Crippen LogP contribution >= 0.6 is 0 Å². The molecule has 0 fully saturated rings. The Kier molecular flexibility index (Phi) is 3.73. The average molecular weight is 188 g/mol. The zero-order chi connectivity index (χ0) is 10.4. The van der Waals surface area contributed by atoms with Crippen molar-refractivity contribution in [2.45, 2.75) is 0 Å². The monoisotopic (exact) mass is 188 g/mol. The van der Waals surface area contributed by atoms with Gasteiger partial charge in [0.05, 0.1) is 11.6 Å². The summed E-state index contributed by atoms with van der Waals surface area (Å²) in [6, 6.07) is 9.18. The van der Waals surface area contributed by atoms with Crippen LogP contribution in [-0.4, -0.2) is 25.3 Å². The minimum atomic E-state index is -0.539. The van der Waals surface area contributed by atoms with Crippen LogP contribution in [0.4, 0.5) is 0 Å². The highest BCUT2D eigenvalue weighted by atomic mass is 16.1. The number of nitrogens with one attached hydrogen (secondary N) is 1. The second-order valence-electron chi connectivity index (χ2n) is 2.85. The molecule has 1 atom stereocenters. The first-order valence-corrected chi connectivity index (χ1v) is 4.31. The van der Waals surface area contributed by atoms with E-state index in [0.717, 1.165) is 11.8 Å². The smallest absolute Gasteiger partial charge is 0.134 e. The molecule has 0 aliphatic heterocycles. The maximum Gasteiger partial charge on any atom is 0.134 e. The van der Waals surface area contributed by atoms with Crippen LogP contribution in [0.1, 0.15) is 5.56 Å². The van der Waals surface area contributed by atoms with Crippen molar-refractivity contribution >= 4 is 18.2 Å². The minimum Gasteiger partial charge on any atom is -0.304 e. The number of aliphatic imine (C=N–C) groups is 1. The summed E-state index contributed by atoms with van der Waals surface area (Å²) in [5.41, 5.74) is 1.04. The molecule has 0 amide bonds. The first kappa shape index (κ1) is 10.3. The Hall–Kier alpha value is -1.77. The normalized spacial score (nSPS) is 12.6. The summed E-state index contributed by atoms with van der Waals surface area (Å²) in [5, 5.41) is 7.77. The van der Waals surface area contributed by atoms with Crippen molar-refractivity contribution in [3.8, 4) is 0 Å². The lowest BCUT2D eigenvalue weighted by Crippen LogP contribution is -2.17. The summed E-state index contributed by atoms with van der Waals surface area (Å²) in [4.78, 5) is 14.4. The highest BCUT2D eigenvalue weighted by Gasteiger charge is 2.11. The van der Waals surface area contributed by atoms with E-state index in [9.17, 15) is 4.79 Å². The number of hydrogen-bond donors (Lipinski definition) is 1. The highest BCUT2D eigenvalue weighted by Crippen LogP contribution is 2.05. The van der Waals surface area contributed by atoms with Gasteiger partial charge >= 0.3 is 0 Å². The molecule has 0 spiro atoms. The summed E-state index contributed by atoms with van der Waals surface area (Å²) in [6.45, 7) is 0. The Morgan fingerprint density at radius 2 is 2.07 bits per heavy atom. The van der Waals surface area contributed by atoms with Gasteiger partial charge in [0.2, 0.25) is 0 Å². The van der Waals surface area contributed by atoms with Crippen LogP contribution in [0, 0.1) is 11.3 Å². The quantitative estimate of drug-likeness (QED) is 0.566. The van der Waals surface area contributed by atoms with Crippen molar-refractivity contribution in [3.63, 3.8) is 0 Å². The Morgan fingerprint density at radius 3 is 2.57 bits per heavy atom. The van der Waals surface area contributed by atoms with Gasteiger partial charge in [-0.1, -0.05) is 30.3 Å². The van der Waals surface area contributed by atoms with Gasteiger partial charge in [-0.05, 0) is 5.56 Å². The first-order chi connectivity index (χ1) is 6.79. The second kappa shape index (κ2) is 5.07. The Balaban J connectivity index is 2.89. The van der Waals surface area contributed by atoms with E-state index in [1.54, 1.807) is 7.05 Å². The molecule has 1 unspecified atom stereocenters. The Bertz CT molecular complexity index is 344. The van der Waals surface area contributed by atoms with Gasteiger partial charge in [0.15, 0.2) is 0 Å². The number of carbonyl (C=O) groups excluding carboxylic acids is 1. The van der Waals surface area contributed by atoms with E-state index in [1.807, 2.05) is 30.3 Å². The molecule has 0 aromatic heterocycles. The lowest BCUT2D eigenvalue weighted by atomic mass is 9.99. The molecule has 0 heterocycles. The van der Waals surface area contributed by atoms with Crippen LogP contribution in [0.2, 0.25) is 0 Å². The lowest BCUT2D eigenvalue weighted by Gasteiger charge is -2.06. The average Bonchev–Trinajstić information content (AvgIpc) is 2.26. The summed E-state index contributed by atoms with van der Waals surface area (Å²) < 4.78 is 0. The summed E-state index contributed by atoms with van der Waals surface area (Å²) >= 11 is 0. The van der Waals surface area contributed by atoms with Crippen molar-refractivity contribution < 1.29 is 4.79 Å². The number of hydrogen-bond acceptors (Lipinski definition) is 3. The molecule has 0 saturated carbocycles. The molecule has 0 aliphatic carbocycles. The number of benzene rings is 1. The number of rotatable bonds is 4. The van der Waals surface area contributed by atoms with Gasteiger partial charge in [-0.2, -0.15) is 0 Å². The molecule has 14 heavy (non-hydrogen) atoms. The van der Waals surface area contributed by atoms with Crippen LogP contribution in [0.15, 0.2) is 35.3 Å². The van der Waals surface area contributed by atoms with Gasteiger partial charge in [-0.25, -0.2) is 0 Å². The largest absolute Gasteiger partial charge is 0.304 e. The summed E-state index contributed by atoms with van der Waals surface area (Å²) in [7, 11) is 1.59. The SMILES string of the molecule is CN=CC(C=O)C(=N)c1ccccc1. The van der Waals surface area contributed by atoms with Crippen molar-refractivity contribution in [2.75, 3.05) is 7.05 Å². The van der Waals surface area contributed by atoms with Gasteiger partial charge in [0.25, 0.3) is 0 Å². The predicted octanol–water partition coefficient (Wildman–Crippen LogP) is 1.57. The molecular weight excluding hydrogens is 176 g/mol. The van der Waals surface area contributed by atoms with Gasteiger partial charge in [-0.3, -0.25) is 4.99 Å². The zero-order valence-corrected chi connectivity index (χ0v) is 7.97. The molecule has 1 rings (SSSR count). The fourth-order valence-corrected chi connectivity index (χ4v) is 1.15. The molecule has 3 nitrogen and oxygen atoms in total. The fourth-order valence-electron chi connectivity index (χ4n) is 1.15. The molecule has 1 aromatic rings. The second-order valence-corrected chi connectivity index (χ2v) is 2.85. The van der Waals surface area contributed by atoms with Crippen LogP contribution < -0.4 is 0 Å². The minimum absolute atomic E-state index is 0.284. The summed E-state index contributed by atoms with van der Waals surface area (Å²) in [5.74, 6) is -0.539. The molecule has 72 valence electrons. The fraction of sp³-hybridized carbons (Fsp3) is 0.182. The van der Waals surface area contributed by atoms with Crippen LogP contribution in [0.3, 0.4) is 0 Å². The van der Waals surface area contributed by atoms with Crippen LogP contribution in [-0.2, 0) is 4.79 Å². The molecule has 0 radical (unpaired) electrons. The third kappa shape index (κ3) is 2.36. The Labute approximate surface area is 83.0 Å². The van der Waals surface area contributed by atoms with E-state index in [1.165, 1.54) is 6.21 Å². The van der Waals surface area contributed by atoms with Crippen LogP contribution in [0.25, 0.3) is 0 Å². The van der Waals surface area contributed by atoms with E-state index in [2.05, 4.69) is 4.99 Å². The molecule has 0 aliphatic rings. The van der Waals surface area contributed by atoms with Crippen molar-refractivity contribution in [1.82, 2.24) is 0 Å². The molecule has 1 N–H and O–H groups in total. The topological polar surface area (TPSA) is 53.3 Å². The van der Waals surface area contributed by atoms with Gasteiger partial charge in [-0.15, -0.1) is 0 Å². The Morgan fingerprint density at radius 1 is 1.43 bits per heavy atom. The van der Waals surface area contributed by atoms with E-state index in [-0.39, 0.29) is 5.71 Å². The van der Waals surface area contributed by atoms with Crippen LogP contribution in [0.5, 0.6) is 0 Å². The summed E-state index contributed by atoms with van der Waals surface area (Å²) in [6.07, 6.45) is 2.20. The molecule has 3 heteroatoms. The number of nitrogens with zero attached hydrogens (tertiary/aromatic N) is 1. The van der Waals surface area contributed by atoms with Gasteiger partial charge < -0.3 is 10.2 Å².